The molecule has 1 heterocycles. The quantitative estimate of drug-likeness (QED) is 0.877. The van der Waals surface area contributed by atoms with Crippen LogP contribution in [0, 0.1) is 0 Å². The van der Waals surface area contributed by atoms with Crippen molar-refractivity contribution in [3.63, 3.8) is 0 Å². The van der Waals surface area contributed by atoms with Gasteiger partial charge >= 0.3 is 0 Å². The van der Waals surface area contributed by atoms with Crippen LogP contribution in [0.15, 0.2) is 12.3 Å². The highest BCUT2D eigenvalue weighted by Crippen LogP contribution is 2.29. The molecule has 0 spiro atoms. The van der Waals surface area contributed by atoms with Crippen molar-refractivity contribution in [3.8, 4) is 0 Å². The lowest BCUT2D eigenvalue weighted by Crippen LogP contribution is -2.33. The van der Waals surface area contributed by atoms with Gasteiger partial charge in [0.25, 0.3) is 5.91 Å². The zero-order valence-corrected chi connectivity index (χ0v) is 9.87. The van der Waals surface area contributed by atoms with E-state index in [0.29, 0.717) is 29.0 Å². The van der Waals surface area contributed by atoms with Crippen molar-refractivity contribution < 1.29 is 4.79 Å². The van der Waals surface area contributed by atoms with E-state index in [4.69, 9.17) is 17.3 Å². The van der Waals surface area contributed by atoms with Crippen LogP contribution in [0.2, 0.25) is 5.02 Å². The van der Waals surface area contributed by atoms with Crippen LogP contribution in [0.25, 0.3) is 0 Å². The van der Waals surface area contributed by atoms with Gasteiger partial charge in [-0.05, 0) is 25.8 Å². The molecule has 0 saturated heterocycles. The Morgan fingerprint density at radius 1 is 1.69 bits per heavy atom. The zero-order chi connectivity index (χ0) is 11.7. The summed E-state index contributed by atoms with van der Waals surface area (Å²) < 4.78 is 0. The lowest BCUT2D eigenvalue weighted by atomic mass is 10.2. The second-order valence-corrected chi connectivity index (χ2v) is 4.32. The molecule has 0 radical (unpaired) electrons. The van der Waals surface area contributed by atoms with Crippen LogP contribution in [0.1, 0.15) is 30.1 Å². The van der Waals surface area contributed by atoms with Gasteiger partial charge in [-0.1, -0.05) is 11.6 Å². The maximum absolute atomic E-state index is 12.2. The highest BCUT2D eigenvalue weighted by Gasteiger charge is 2.32. The molecule has 0 aromatic carbocycles. The predicted molar refractivity (Wildman–Crippen MR) is 63.4 cm³/mol. The topological polar surface area (TPSA) is 59.2 Å². The number of carbonyl (C=O) groups excluding carboxylic acids is 1. The minimum atomic E-state index is -0.0518. The highest BCUT2D eigenvalue weighted by molar-refractivity contribution is 6.33. The molecule has 5 heteroatoms. The maximum atomic E-state index is 12.2. The van der Waals surface area contributed by atoms with Gasteiger partial charge in [0, 0.05) is 18.8 Å². The summed E-state index contributed by atoms with van der Waals surface area (Å²) in [4.78, 5) is 17.9. The van der Waals surface area contributed by atoms with Crippen molar-refractivity contribution in [2.75, 3.05) is 12.3 Å². The molecule has 86 valence electrons. The Balaban J connectivity index is 2.28. The minimum Gasteiger partial charge on any atom is -0.384 e. The van der Waals surface area contributed by atoms with Crippen molar-refractivity contribution >= 4 is 23.3 Å². The summed E-state index contributed by atoms with van der Waals surface area (Å²) in [7, 11) is 0. The molecule has 4 nitrogen and oxygen atoms in total. The number of hydrogen-bond acceptors (Lipinski definition) is 3. The SMILES string of the molecule is CCN(C(=O)c1cc(N)ncc1Cl)C1CC1. The Morgan fingerprint density at radius 3 is 2.94 bits per heavy atom. The fourth-order valence-corrected chi connectivity index (χ4v) is 1.91. The van der Waals surface area contributed by atoms with Crippen LogP contribution in [0.5, 0.6) is 0 Å². The summed E-state index contributed by atoms with van der Waals surface area (Å²) in [5.74, 6) is 0.267. The Hall–Kier alpha value is -1.29. The Kier molecular flexibility index (Phi) is 3.01. The molecule has 0 unspecified atom stereocenters. The van der Waals surface area contributed by atoms with Gasteiger partial charge in [-0.25, -0.2) is 4.98 Å². The summed E-state index contributed by atoms with van der Waals surface area (Å²) >= 11 is 5.95. The highest BCUT2D eigenvalue weighted by atomic mass is 35.5. The van der Waals surface area contributed by atoms with E-state index >= 15 is 0 Å². The molecule has 0 aliphatic heterocycles. The van der Waals surface area contributed by atoms with Crippen molar-refractivity contribution in [1.82, 2.24) is 9.88 Å². The molecule has 1 saturated carbocycles. The minimum absolute atomic E-state index is 0.0518. The lowest BCUT2D eigenvalue weighted by Gasteiger charge is -2.20. The molecule has 0 bridgehead atoms. The lowest BCUT2D eigenvalue weighted by molar-refractivity contribution is 0.0752. The molecular formula is C11H14ClN3O. The van der Waals surface area contributed by atoms with E-state index in [-0.39, 0.29) is 5.91 Å². The first-order valence-electron chi connectivity index (χ1n) is 5.35. The number of nitrogen functional groups attached to an aromatic ring is 1. The number of hydrogen-bond donors (Lipinski definition) is 1. The van der Waals surface area contributed by atoms with Gasteiger partial charge in [0.1, 0.15) is 5.82 Å². The second-order valence-electron chi connectivity index (χ2n) is 3.91. The molecule has 1 aromatic heterocycles. The van der Waals surface area contributed by atoms with Crippen LogP contribution in [0.4, 0.5) is 5.82 Å². The third kappa shape index (κ3) is 2.11. The smallest absolute Gasteiger partial charge is 0.255 e. The molecule has 0 atom stereocenters. The number of amides is 1. The third-order valence-electron chi connectivity index (χ3n) is 2.70. The van der Waals surface area contributed by atoms with E-state index in [2.05, 4.69) is 4.98 Å². The maximum Gasteiger partial charge on any atom is 0.255 e. The van der Waals surface area contributed by atoms with Crippen LogP contribution < -0.4 is 5.73 Å². The molecule has 1 amide bonds. The van der Waals surface area contributed by atoms with E-state index in [1.807, 2.05) is 11.8 Å². The van der Waals surface area contributed by atoms with Gasteiger partial charge in [-0.3, -0.25) is 4.79 Å². The van der Waals surface area contributed by atoms with Crippen molar-refractivity contribution in [2.45, 2.75) is 25.8 Å². The van der Waals surface area contributed by atoms with E-state index < -0.39 is 0 Å². The van der Waals surface area contributed by atoms with Crippen LogP contribution in [-0.4, -0.2) is 28.4 Å². The van der Waals surface area contributed by atoms with E-state index in [9.17, 15) is 4.79 Å². The Labute approximate surface area is 99.4 Å². The average Bonchev–Trinajstić information content (AvgIpc) is 3.07. The van der Waals surface area contributed by atoms with Gasteiger partial charge in [0.15, 0.2) is 0 Å². The number of halogens is 1. The number of rotatable bonds is 3. The summed E-state index contributed by atoms with van der Waals surface area (Å²) in [6.07, 6.45) is 3.58. The Morgan fingerprint density at radius 2 is 2.38 bits per heavy atom. The molecule has 1 fully saturated rings. The normalized spacial score (nSPS) is 14.9. The number of anilines is 1. The van der Waals surface area contributed by atoms with Crippen LogP contribution in [0.3, 0.4) is 0 Å². The molecule has 1 aliphatic rings. The Bertz CT molecular complexity index is 418. The summed E-state index contributed by atoms with van der Waals surface area (Å²) in [6.45, 7) is 2.66. The van der Waals surface area contributed by atoms with Gasteiger partial charge in [0.05, 0.1) is 10.6 Å². The van der Waals surface area contributed by atoms with Crippen molar-refractivity contribution in [1.29, 1.82) is 0 Å². The fraction of sp³-hybridized carbons (Fsp3) is 0.455. The third-order valence-corrected chi connectivity index (χ3v) is 3.00. The summed E-state index contributed by atoms with van der Waals surface area (Å²) in [6, 6.07) is 1.92. The van der Waals surface area contributed by atoms with E-state index in [1.165, 1.54) is 12.3 Å². The van der Waals surface area contributed by atoms with Gasteiger partial charge < -0.3 is 10.6 Å². The fourth-order valence-electron chi connectivity index (χ4n) is 1.73. The monoisotopic (exact) mass is 239 g/mol. The summed E-state index contributed by atoms with van der Waals surface area (Å²) in [5, 5.41) is 0.360. The molecule has 2 N–H and O–H groups in total. The van der Waals surface area contributed by atoms with Gasteiger partial charge in [-0.2, -0.15) is 0 Å². The van der Waals surface area contributed by atoms with Gasteiger partial charge in [0.2, 0.25) is 0 Å². The summed E-state index contributed by atoms with van der Waals surface area (Å²) in [5.41, 5.74) is 6.01. The van der Waals surface area contributed by atoms with Crippen LogP contribution in [-0.2, 0) is 0 Å². The predicted octanol–water partition coefficient (Wildman–Crippen LogP) is 1.94. The number of nitrogens with two attached hydrogens (primary N) is 1. The largest absolute Gasteiger partial charge is 0.384 e. The van der Waals surface area contributed by atoms with Crippen molar-refractivity contribution in [2.24, 2.45) is 0 Å². The molecule has 2 rings (SSSR count). The average molecular weight is 240 g/mol. The second kappa shape index (κ2) is 4.29. The molecule has 1 aromatic rings. The standard InChI is InChI=1S/C11H14ClN3O/c1-2-15(7-3-4-7)11(16)8-5-10(13)14-6-9(8)12/h5-7H,2-4H2,1H3,(H2,13,14). The number of carbonyl (C=O) groups is 1. The first-order valence-corrected chi connectivity index (χ1v) is 5.73. The zero-order valence-electron chi connectivity index (χ0n) is 9.11. The number of aromatic nitrogens is 1. The van der Waals surface area contributed by atoms with Gasteiger partial charge in [-0.15, -0.1) is 0 Å². The van der Waals surface area contributed by atoms with Crippen molar-refractivity contribution in [3.05, 3.63) is 22.8 Å². The molecular weight excluding hydrogens is 226 g/mol. The van der Waals surface area contributed by atoms with Crippen LogP contribution >= 0.6 is 11.6 Å². The first-order chi connectivity index (χ1) is 7.63. The number of nitrogens with zero attached hydrogens (tertiary/aromatic N) is 2. The molecule has 16 heavy (non-hydrogen) atoms. The molecule has 1 aliphatic carbocycles. The number of pyridine rings is 1. The van der Waals surface area contributed by atoms with E-state index in [0.717, 1.165) is 12.8 Å². The first kappa shape index (κ1) is 11.2. The van der Waals surface area contributed by atoms with E-state index in [1.54, 1.807) is 0 Å².